The molecule has 0 spiro atoms. The van der Waals surface area contributed by atoms with Crippen LogP contribution in [-0.4, -0.2) is 99.4 Å². The molecule has 11 nitrogen and oxygen atoms in total. The number of ether oxygens (including phenoxy) is 2. The smallest absolute Gasteiger partial charge is 0.258 e. The van der Waals surface area contributed by atoms with Crippen LogP contribution in [0.25, 0.3) is 0 Å². The molecule has 2 fully saturated rings. The highest BCUT2D eigenvalue weighted by Crippen LogP contribution is 2.35. The summed E-state index contributed by atoms with van der Waals surface area (Å²) in [5.41, 5.74) is 7.56. The second kappa shape index (κ2) is 10.7. The normalized spacial score (nSPS) is 23.1. The van der Waals surface area contributed by atoms with E-state index in [1.54, 1.807) is 31.0 Å². The topological polar surface area (TPSA) is 144 Å². The van der Waals surface area contributed by atoms with Crippen molar-refractivity contribution >= 4 is 44.3 Å². The average molecular weight is 524 g/mol. The highest BCUT2D eigenvalue weighted by atomic mass is 32.2. The summed E-state index contributed by atoms with van der Waals surface area (Å²) in [5.74, 6) is -0.736. The van der Waals surface area contributed by atoms with Crippen LogP contribution in [0.15, 0.2) is 39.4 Å². The maximum atomic E-state index is 13.2. The second-order valence-corrected chi connectivity index (χ2v) is 11.2. The minimum Gasteiger partial charge on any atom is -0.400 e. The number of aryl methyl sites for hydroxylation is 1. The summed E-state index contributed by atoms with van der Waals surface area (Å²) in [4.78, 5) is 32.2. The van der Waals surface area contributed by atoms with Crippen LogP contribution in [0.4, 0.5) is 5.69 Å². The van der Waals surface area contributed by atoms with Crippen LogP contribution in [-0.2, 0) is 29.1 Å². The van der Waals surface area contributed by atoms with Gasteiger partial charge in [-0.05, 0) is 24.6 Å². The Morgan fingerprint density at radius 2 is 1.74 bits per heavy atom. The Kier molecular flexibility index (Phi) is 7.81. The first-order valence-electron chi connectivity index (χ1n) is 11.2. The van der Waals surface area contributed by atoms with E-state index < -0.39 is 21.2 Å². The first kappa shape index (κ1) is 25.6. The maximum absolute atomic E-state index is 13.2. The fourth-order valence-electron chi connectivity index (χ4n) is 4.08. The van der Waals surface area contributed by atoms with Crippen LogP contribution >= 0.6 is 11.8 Å². The van der Waals surface area contributed by atoms with Gasteiger partial charge in [0, 0.05) is 44.6 Å². The Hall–Kier alpha value is -2.45. The minimum absolute atomic E-state index is 0.124. The SMILES string of the molecule is CN=C1S[C@H](C(=O)Nc2ccc(C)c(S(=O)(=O)N3CCOCC3)c2)C(N)=C1C(=O)N1CCOCC1. The number of carbonyl (C=O) groups excluding carboxylic acids is 2. The largest absolute Gasteiger partial charge is 0.400 e. The second-order valence-electron chi connectivity index (χ2n) is 8.25. The molecule has 13 heteroatoms. The van der Waals surface area contributed by atoms with E-state index in [0.717, 1.165) is 11.8 Å². The molecule has 190 valence electrons. The van der Waals surface area contributed by atoms with Crippen molar-refractivity contribution in [3.63, 3.8) is 0 Å². The lowest BCUT2D eigenvalue weighted by Gasteiger charge is -2.27. The van der Waals surface area contributed by atoms with Gasteiger partial charge >= 0.3 is 0 Å². The van der Waals surface area contributed by atoms with E-state index >= 15 is 0 Å². The molecular formula is C22H29N5O6S2. The third-order valence-electron chi connectivity index (χ3n) is 6.01. The number of rotatable bonds is 5. The number of sulfonamides is 1. The average Bonchev–Trinajstić information content (AvgIpc) is 3.22. The van der Waals surface area contributed by atoms with E-state index in [2.05, 4.69) is 10.3 Å². The number of hydrogen-bond acceptors (Lipinski definition) is 9. The number of hydrogen-bond donors (Lipinski definition) is 2. The number of nitrogens with zero attached hydrogens (tertiary/aromatic N) is 3. The molecule has 0 unspecified atom stereocenters. The molecule has 0 aromatic heterocycles. The molecule has 0 bridgehead atoms. The van der Waals surface area contributed by atoms with Crippen molar-refractivity contribution < 1.29 is 27.5 Å². The Labute approximate surface area is 208 Å². The van der Waals surface area contributed by atoms with Crippen molar-refractivity contribution in [2.45, 2.75) is 17.1 Å². The Balaban J connectivity index is 1.55. The van der Waals surface area contributed by atoms with Crippen LogP contribution in [0.1, 0.15) is 5.56 Å². The molecule has 1 atom stereocenters. The van der Waals surface area contributed by atoms with E-state index in [1.165, 1.54) is 10.4 Å². The van der Waals surface area contributed by atoms with Crippen molar-refractivity contribution in [1.29, 1.82) is 0 Å². The van der Waals surface area contributed by atoms with Gasteiger partial charge in [-0.25, -0.2) is 8.42 Å². The molecule has 3 aliphatic rings. The monoisotopic (exact) mass is 523 g/mol. The van der Waals surface area contributed by atoms with Gasteiger partial charge in [0.05, 0.1) is 36.9 Å². The van der Waals surface area contributed by atoms with E-state index in [-0.39, 0.29) is 35.2 Å². The zero-order chi connectivity index (χ0) is 25.2. The lowest BCUT2D eigenvalue weighted by atomic mass is 10.1. The van der Waals surface area contributed by atoms with Crippen molar-refractivity contribution in [2.24, 2.45) is 10.7 Å². The molecule has 0 aliphatic carbocycles. The van der Waals surface area contributed by atoms with Crippen molar-refractivity contribution in [1.82, 2.24) is 9.21 Å². The summed E-state index contributed by atoms with van der Waals surface area (Å²) in [6.45, 7) is 4.71. The highest BCUT2D eigenvalue weighted by molar-refractivity contribution is 8.16. The maximum Gasteiger partial charge on any atom is 0.258 e. The van der Waals surface area contributed by atoms with Gasteiger partial charge in [-0.15, -0.1) is 0 Å². The summed E-state index contributed by atoms with van der Waals surface area (Å²) in [6.07, 6.45) is 0. The van der Waals surface area contributed by atoms with Gasteiger partial charge in [0.25, 0.3) is 5.91 Å². The molecule has 3 aliphatic heterocycles. The number of carbonyl (C=O) groups is 2. The van der Waals surface area contributed by atoms with Gasteiger partial charge in [0.1, 0.15) is 10.3 Å². The number of thioether (sulfide) groups is 1. The van der Waals surface area contributed by atoms with Gasteiger partial charge in [-0.2, -0.15) is 4.31 Å². The molecule has 1 aromatic rings. The summed E-state index contributed by atoms with van der Waals surface area (Å²) in [7, 11) is -2.20. The third-order valence-corrected chi connectivity index (χ3v) is 9.37. The third kappa shape index (κ3) is 5.23. The van der Waals surface area contributed by atoms with Gasteiger partial charge in [-0.3, -0.25) is 14.6 Å². The van der Waals surface area contributed by atoms with E-state index in [0.29, 0.717) is 55.8 Å². The molecule has 3 N–H and O–H groups in total. The van der Waals surface area contributed by atoms with Crippen LogP contribution in [0.2, 0.25) is 0 Å². The molecule has 35 heavy (non-hydrogen) atoms. The summed E-state index contributed by atoms with van der Waals surface area (Å²) in [6, 6.07) is 4.74. The predicted octanol–water partition coefficient (Wildman–Crippen LogP) is 0.170. The van der Waals surface area contributed by atoms with Gasteiger partial charge in [-0.1, -0.05) is 17.8 Å². The fraction of sp³-hybridized carbons (Fsp3) is 0.500. The molecule has 2 amide bonds. The molecule has 0 saturated carbocycles. The van der Waals surface area contributed by atoms with E-state index in [9.17, 15) is 18.0 Å². The van der Waals surface area contributed by atoms with Crippen LogP contribution in [0.5, 0.6) is 0 Å². The number of nitrogens with one attached hydrogen (secondary N) is 1. The molecule has 4 rings (SSSR count). The summed E-state index contributed by atoms with van der Waals surface area (Å²) in [5, 5.41) is 2.29. The van der Waals surface area contributed by atoms with Gasteiger partial charge in [0.15, 0.2) is 0 Å². The number of amides is 2. The zero-order valence-electron chi connectivity index (χ0n) is 19.7. The molecule has 1 aromatic carbocycles. The van der Waals surface area contributed by atoms with E-state index in [1.807, 2.05) is 0 Å². The van der Waals surface area contributed by atoms with E-state index in [4.69, 9.17) is 15.2 Å². The number of nitrogens with two attached hydrogens (primary N) is 1. The highest BCUT2D eigenvalue weighted by Gasteiger charge is 2.40. The quantitative estimate of drug-likeness (QED) is 0.556. The number of morpholine rings is 2. The van der Waals surface area contributed by atoms with Crippen LogP contribution in [0, 0.1) is 6.92 Å². The number of benzene rings is 1. The summed E-state index contributed by atoms with van der Waals surface area (Å²) >= 11 is 1.10. The molecular weight excluding hydrogens is 494 g/mol. The zero-order valence-corrected chi connectivity index (χ0v) is 21.3. The summed E-state index contributed by atoms with van der Waals surface area (Å²) < 4.78 is 38.3. The van der Waals surface area contributed by atoms with Crippen LogP contribution < -0.4 is 11.1 Å². The van der Waals surface area contributed by atoms with Crippen LogP contribution in [0.3, 0.4) is 0 Å². The lowest BCUT2D eigenvalue weighted by Crippen LogP contribution is -2.42. The minimum atomic E-state index is -3.74. The Morgan fingerprint density at radius 3 is 2.37 bits per heavy atom. The Bertz CT molecular complexity index is 1170. The molecule has 0 radical (unpaired) electrons. The Morgan fingerprint density at radius 1 is 1.11 bits per heavy atom. The number of aliphatic imine (C=N–C) groups is 1. The van der Waals surface area contributed by atoms with Crippen molar-refractivity contribution in [3.8, 4) is 0 Å². The molecule has 3 heterocycles. The van der Waals surface area contributed by atoms with Crippen molar-refractivity contribution in [2.75, 3.05) is 65.0 Å². The van der Waals surface area contributed by atoms with Gasteiger partial charge in [0.2, 0.25) is 15.9 Å². The standard InChI is InChI=1S/C22H29N5O6S2/c1-14-3-4-15(13-16(14)35(30,31)27-7-11-33-12-8-27)25-20(28)19-18(23)17(21(24-2)34-19)22(29)26-5-9-32-10-6-26/h3-4,13,19H,5-12,23H2,1-2H3,(H,25,28)/t19-/m0/s1. The first-order valence-corrected chi connectivity index (χ1v) is 13.6. The van der Waals surface area contributed by atoms with Crippen molar-refractivity contribution in [3.05, 3.63) is 35.0 Å². The predicted molar refractivity (Wildman–Crippen MR) is 133 cm³/mol. The molecule has 2 saturated heterocycles. The lowest BCUT2D eigenvalue weighted by molar-refractivity contribution is -0.130. The fourth-order valence-corrected chi connectivity index (χ4v) is 6.80. The van der Waals surface area contributed by atoms with Gasteiger partial charge < -0.3 is 25.4 Å². The number of anilines is 1. The first-order chi connectivity index (χ1) is 16.7.